The Bertz CT molecular complexity index is 764. The molecule has 0 rings (SSSR count). The molecule has 0 saturated carbocycles. The van der Waals surface area contributed by atoms with Crippen molar-refractivity contribution in [2.45, 2.75) is 231 Å². The number of carbonyl (C=O) groups is 1. The Hall–Kier alpha value is -1.43. The van der Waals surface area contributed by atoms with Crippen molar-refractivity contribution in [2.75, 3.05) is 6.61 Å². The van der Waals surface area contributed by atoms with Crippen molar-refractivity contribution < 1.29 is 20.1 Å². The van der Waals surface area contributed by atoms with E-state index in [4.69, 9.17) is 0 Å². The maximum absolute atomic E-state index is 12.3. The third-order valence-electron chi connectivity index (χ3n) is 9.65. The summed E-state index contributed by atoms with van der Waals surface area (Å²) in [6, 6.07) is -0.764. The molecule has 0 aromatic heterocycles. The first-order valence-corrected chi connectivity index (χ1v) is 21.3. The number of carbonyl (C=O) groups excluding carboxylic acids is 1. The van der Waals surface area contributed by atoms with Crippen LogP contribution in [-0.4, -0.2) is 46.1 Å². The highest BCUT2D eigenvalue weighted by Crippen LogP contribution is 2.15. The fourth-order valence-electron chi connectivity index (χ4n) is 6.34. The smallest absolute Gasteiger partial charge is 0.222 e. The highest BCUT2D eigenvalue weighted by atomic mass is 16.3. The number of hydrogen-bond donors (Lipinski definition) is 4. The van der Waals surface area contributed by atoms with E-state index in [0.717, 1.165) is 51.4 Å². The van der Waals surface area contributed by atoms with Crippen LogP contribution in [-0.2, 0) is 4.79 Å². The number of aliphatic hydroxyl groups excluding tert-OH is 3. The molecule has 0 aromatic rings. The second-order valence-electron chi connectivity index (χ2n) is 14.6. The molecule has 0 saturated heterocycles. The molecule has 288 valence electrons. The van der Waals surface area contributed by atoms with Crippen molar-refractivity contribution in [2.24, 2.45) is 0 Å². The van der Waals surface area contributed by atoms with Crippen LogP contribution in [0.15, 0.2) is 36.5 Å². The summed E-state index contributed by atoms with van der Waals surface area (Å²) in [5.74, 6) is -0.337. The lowest BCUT2D eigenvalue weighted by Crippen LogP contribution is -2.45. The maximum atomic E-state index is 12.3. The predicted molar refractivity (Wildman–Crippen MR) is 213 cm³/mol. The zero-order chi connectivity index (χ0) is 35.9. The van der Waals surface area contributed by atoms with Gasteiger partial charge in [0.1, 0.15) is 0 Å². The fourth-order valence-corrected chi connectivity index (χ4v) is 6.34. The first kappa shape index (κ1) is 47.6. The first-order chi connectivity index (χ1) is 24.0. The number of aliphatic hydroxyl groups is 3. The van der Waals surface area contributed by atoms with Gasteiger partial charge >= 0.3 is 0 Å². The lowest BCUT2D eigenvalue weighted by atomic mass is 10.0. The highest BCUT2D eigenvalue weighted by molar-refractivity contribution is 5.76. The lowest BCUT2D eigenvalue weighted by Gasteiger charge is -2.20. The van der Waals surface area contributed by atoms with Gasteiger partial charge < -0.3 is 20.6 Å². The van der Waals surface area contributed by atoms with E-state index in [9.17, 15) is 20.1 Å². The van der Waals surface area contributed by atoms with Crippen LogP contribution in [0.2, 0.25) is 0 Å². The normalized spacial score (nSPS) is 14.0. The Morgan fingerprint density at radius 3 is 1.37 bits per heavy atom. The molecule has 1 amide bonds. The first-order valence-electron chi connectivity index (χ1n) is 21.3. The van der Waals surface area contributed by atoms with Gasteiger partial charge in [-0.25, -0.2) is 0 Å². The van der Waals surface area contributed by atoms with E-state index in [2.05, 4.69) is 43.5 Å². The minimum Gasteiger partial charge on any atom is -0.394 e. The highest BCUT2D eigenvalue weighted by Gasteiger charge is 2.20. The predicted octanol–water partition coefficient (Wildman–Crippen LogP) is 12.0. The van der Waals surface area contributed by atoms with Crippen LogP contribution in [0.3, 0.4) is 0 Å². The number of rotatable bonds is 38. The van der Waals surface area contributed by atoms with E-state index < -0.39 is 18.2 Å². The second-order valence-corrected chi connectivity index (χ2v) is 14.6. The summed E-state index contributed by atoms with van der Waals surface area (Å²) in [7, 11) is 0. The van der Waals surface area contributed by atoms with Gasteiger partial charge in [0, 0.05) is 0 Å². The fraction of sp³-hybridized carbons (Fsp3) is 0.841. The number of unbranched alkanes of at least 4 members (excludes halogenated alkanes) is 25. The Kier molecular flexibility index (Phi) is 38.2. The lowest BCUT2D eigenvalue weighted by molar-refractivity contribution is -0.124. The summed E-state index contributed by atoms with van der Waals surface area (Å²) in [4.78, 5) is 12.3. The van der Waals surface area contributed by atoms with Crippen molar-refractivity contribution in [1.82, 2.24) is 5.32 Å². The molecule has 0 aromatic carbocycles. The van der Waals surface area contributed by atoms with Crippen molar-refractivity contribution in [3.8, 4) is 0 Å². The van der Waals surface area contributed by atoms with E-state index in [-0.39, 0.29) is 18.9 Å². The van der Waals surface area contributed by atoms with Gasteiger partial charge in [-0.05, 0) is 51.4 Å². The zero-order valence-corrected chi connectivity index (χ0v) is 32.6. The topological polar surface area (TPSA) is 89.8 Å². The molecule has 0 heterocycles. The summed E-state index contributed by atoms with van der Waals surface area (Å²) < 4.78 is 0. The van der Waals surface area contributed by atoms with E-state index in [1.807, 2.05) is 6.08 Å². The van der Waals surface area contributed by atoms with Gasteiger partial charge in [-0.1, -0.05) is 192 Å². The molecule has 0 aliphatic carbocycles. The average Bonchev–Trinajstić information content (AvgIpc) is 3.09. The SMILES string of the molecule is CCCC/C=C\CCCCCC(O)CC(=O)NC(CO)C(O)/C=C/CC/C=C/CCCCCCCCCCCCCCCCCCCCC. The molecule has 3 unspecified atom stereocenters. The molecule has 5 heteroatoms. The van der Waals surface area contributed by atoms with Crippen LogP contribution in [0.25, 0.3) is 0 Å². The molecule has 4 N–H and O–H groups in total. The molecule has 0 bridgehead atoms. The monoisotopic (exact) mass is 690 g/mol. The van der Waals surface area contributed by atoms with E-state index >= 15 is 0 Å². The van der Waals surface area contributed by atoms with Crippen molar-refractivity contribution in [3.63, 3.8) is 0 Å². The third-order valence-corrected chi connectivity index (χ3v) is 9.65. The average molecular weight is 690 g/mol. The summed E-state index contributed by atoms with van der Waals surface area (Å²) >= 11 is 0. The van der Waals surface area contributed by atoms with E-state index in [1.165, 1.54) is 135 Å². The number of nitrogens with one attached hydrogen (secondary N) is 1. The van der Waals surface area contributed by atoms with Crippen LogP contribution in [0.5, 0.6) is 0 Å². The summed E-state index contributed by atoms with van der Waals surface area (Å²) in [6.07, 6.45) is 48.8. The van der Waals surface area contributed by atoms with Gasteiger partial charge in [0.15, 0.2) is 0 Å². The number of hydrogen-bond acceptors (Lipinski definition) is 4. The van der Waals surface area contributed by atoms with Crippen LogP contribution >= 0.6 is 0 Å². The molecular weight excluding hydrogens is 606 g/mol. The van der Waals surface area contributed by atoms with Crippen molar-refractivity contribution >= 4 is 5.91 Å². The molecule has 0 radical (unpaired) electrons. The molecule has 0 fully saturated rings. The minimum absolute atomic E-state index is 0.00580. The van der Waals surface area contributed by atoms with E-state index in [0.29, 0.717) is 6.42 Å². The van der Waals surface area contributed by atoms with Crippen LogP contribution in [0.1, 0.15) is 213 Å². The van der Waals surface area contributed by atoms with Gasteiger partial charge in [-0.15, -0.1) is 0 Å². The molecule has 3 atom stereocenters. The van der Waals surface area contributed by atoms with Crippen LogP contribution in [0.4, 0.5) is 0 Å². The quantitative estimate of drug-likeness (QED) is 0.0384. The molecule has 0 aliphatic heterocycles. The molecule has 5 nitrogen and oxygen atoms in total. The number of amides is 1. The number of allylic oxidation sites excluding steroid dienone is 5. The largest absolute Gasteiger partial charge is 0.394 e. The molecule has 49 heavy (non-hydrogen) atoms. The Morgan fingerprint density at radius 2 is 0.898 bits per heavy atom. The Labute approximate surface area is 304 Å². The van der Waals surface area contributed by atoms with Crippen molar-refractivity contribution in [3.05, 3.63) is 36.5 Å². The van der Waals surface area contributed by atoms with Gasteiger partial charge in [-0.3, -0.25) is 4.79 Å². The van der Waals surface area contributed by atoms with Crippen molar-refractivity contribution in [1.29, 1.82) is 0 Å². The van der Waals surface area contributed by atoms with Gasteiger partial charge in [0.25, 0.3) is 0 Å². The minimum atomic E-state index is -0.954. The van der Waals surface area contributed by atoms with Gasteiger partial charge in [0.2, 0.25) is 5.91 Å². The summed E-state index contributed by atoms with van der Waals surface area (Å²) in [5.41, 5.74) is 0. The summed E-state index contributed by atoms with van der Waals surface area (Å²) in [5, 5.41) is 33.0. The Morgan fingerprint density at radius 1 is 0.510 bits per heavy atom. The van der Waals surface area contributed by atoms with Crippen LogP contribution in [0, 0.1) is 0 Å². The van der Waals surface area contributed by atoms with Gasteiger partial charge in [-0.2, -0.15) is 0 Å². The zero-order valence-electron chi connectivity index (χ0n) is 32.6. The van der Waals surface area contributed by atoms with Crippen LogP contribution < -0.4 is 5.32 Å². The molecular formula is C44H83NO4. The maximum Gasteiger partial charge on any atom is 0.222 e. The molecule has 0 aliphatic rings. The standard InChI is InChI=1S/C44H83NO4/c1-3-5-7-9-11-13-14-15-16-17-18-19-20-21-22-23-24-25-26-27-28-30-32-34-36-38-43(48)42(40-46)45-44(49)39-41(47)37-35-33-31-29-12-10-8-6-4-2/h10,12,28,30,36,38,41-43,46-48H,3-9,11,13-27,29,31-35,37,39-40H2,1-2H3,(H,45,49)/b12-10-,30-28+,38-36+. The third kappa shape index (κ3) is 36.2. The summed E-state index contributed by atoms with van der Waals surface area (Å²) in [6.45, 7) is 4.14. The Balaban J connectivity index is 3.65. The second kappa shape index (κ2) is 39.4. The van der Waals surface area contributed by atoms with E-state index in [1.54, 1.807) is 6.08 Å². The molecule has 0 spiro atoms. The van der Waals surface area contributed by atoms with Gasteiger partial charge in [0.05, 0.1) is 31.3 Å².